The number of hydrogen-bond donors (Lipinski definition) is 1. The van der Waals surface area contributed by atoms with Gasteiger partial charge in [-0.15, -0.1) is 0 Å². The quantitative estimate of drug-likeness (QED) is 0.940. The van der Waals surface area contributed by atoms with E-state index < -0.39 is 0 Å². The average molecular weight is 321 g/mol. The largest absolute Gasteiger partial charge is 0.341 e. The first-order valence-electron chi connectivity index (χ1n) is 8.04. The van der Waals surface area contributed by atoms with E-state index in [4.69, 9.17) is 5.26 Å². The van der Waals surface area contributed by atoms with Gasteiger partial charge < -0.3 is 10.2 Å². The normalized spacial score (nSPS) is 14.9. The minimum atomic E-state index is -0.265. The lowest BCUT2D eigenvalue weighted by atomic mass is 10.00. The Morgan fingerprint density at radius 3 is 2.42 bits per heavy atom. The minimum Gasteiger partial charge on any atom is -0.341 e. The highest BCUT2D eigenvalue weighted by molar-refractivity contribution is 6.03. The van der Waals surface area contributed by atoms with Crippen LogP contribution in [0.5, 0.6) is 0 Å². The fourth-order valence-corrected chi connectivity index (χ4v) is 2.64. The molecule has 1 aliphatic heterocycles. The Bertz CT molecular complexity index is 740. The average Bonchev–Trinajstić information content (AvgIpc) is 2.63. The molecule has 2 aromatic rings. The van der Waals surface area contributed by atoms with Crippen molar-refractivity contribution >= 4 is 17.5 Å². The number of aromatic nitrogens is 2. The summed E-state index contributed by atoms with van der Waals surface area (Å²) in [6.07, 6.45) is 5.40. The van der Waals surface area contributed by atoms with Gasteiger partial charge in [0.1, 0.15) is 0 Å². The highest BCUT2D eigenvalue weighted by Gasteiger charge is 2.18. The molecule has 1 aromatic carbocycles. The Morgan fingerprint density at radius 2 is 1.83 bits per heavy atom. The van der Waals surface area contributed by atoms with Gasteiger partial charge in [0.05, 0.1) is 17.2 Å². The van der Waals surface area contributed by atoms with Crippen molar-refractivity contribution in [3.63, 3.8) is 0 Å². The van der Waals surface area contributed by atoms with E-state index in [1.807, 2.05) is 6.07 Å². The van der Waals surface area contributed by atoms with Gasteiger partial charge in [-0.25, -0.2) is 9.97 Å². The number of amides is 1. The van der Waals surface area contributed by atoms with Crippen molar-refractivity contribution in [1.82, 2.24) is 9.97 Å². The van der Waals surface area contributed by atoms with E-state index in [1.54, 1.807) is 36.7 Å². The molecule has 1 fully saturated rings. The lowest BCUT2D eigenvalue weighted by Crippen LogP contribution is -2.34. The molecule has 1 aliphatic rings. The van der Waals surface area contributed by atoms with E-state index in [1.165, 1.54) is 0 Å². The van der Waals surface area contributed by atoms with Crippen LogP contribution in [0.2, 0.25) is 0 Å². The predicted octanol–water partition coefficient (Wildman–Crippen LogP) is 2.84. The number of benzene rings is 1. The fraction of sp³-hybridized carbons (Fsp3) is 0.333. The van der Waals surface area contributed by atoms with Crippen LogP contribution in [-0.2, 0) is 0 Å². The molecule has 0 saturated carbocycles. The Hall–Kier alpha value is -2.94. The van der Waals surface area contributed by atoms with Crippen molar-refractivity contribution in [2.24, 2.45) is 5.92 Å². The first kappa shape index (κ1) is 15.9. The molecular formula is C18H19N5O. The number of nitriles is 1. The van der Waals surface area contributed by atoms with Gasteiger partial charge in [-0.2, -0.15) is 5.26 Å². The maximum absolute atomic E-state index is 12.2. The van der Waals surface area contributed by atoms with Gasteiger partial charge in [-0.3, -0.25) is 4.79 Å². The Morgan fingerprint density at radius 1 is 1.21 bits per heavy atom. The molecule has 24 heavy (non-hydrogen) atoms. The third-order valence-electron chi connectivity index (χ3n) is 4.24. The van der Waals surface area contributed by atoms with E-state index in [0.717, 1.165) is 31.8 Å². The molecule has 1 N–H and O–H groups in total. The van der Waals surface area contributed by atoms with Crippen LogP contribution in [0, 0.1) is 17.2 Å². The number of carbonyl (C=O) groups is 1. The van der Waals surface area contributed by atoms with Crippen molar-refractivity contribution in [2.75, 3.05) is 23.3 Å². The first-order valence-corrected chi connectivity index (χ1v) is 8.04. The van der Waals surface area contributed by atoms with Crippen molar-refractivity contribution in [1.29, 1.82) is 5.26 Å². The van der Waals surface area contributed by atoms with Gasteiger partial charge in [0.15, 0.2) is 0 Å². The van der Waals surface area contributed by atoms with Crippen LogP contribution < -0.4 is 10.2 Å². The van der Waals surface area contributed by atoms with Crippen LogP contribution in [0.25, 0.3) is 0 Å². The number of hydrogen-bond acceptors (Lipinski definition) is 5. The molecule has 1 aromatic heterocycles. The Balaban J connectivity index is 1.64. The molecule has 3 rings (SSSR count). The van der Waals surface area contributed by atoms with Crippen LogP contribution >= 0.6 is 0 Å². The van der Waals surface area contributed by atoms with Crippen LogP contribution in [0.3, 0.4) is 0 Å². The second-order valence-electron chi connectivity index (χ2n) is 6.08. The van der Waals surface area contributed by atoms with Crippen molar-refractivity contribution in [3.8, 4) is 6.07 Å². The monoisotopic (exact) mass is 321 g/mol. The molecule has 0 atom stereocenters. The predicted molar refractivity (Wildman–Crippen MR) is 91.8 cm³/mol. The van der Waals surface area contributed by atoms with E-state index in [-0.39, 0.29) is 5.91 Å². The number of carbonyl (C=O) groups excluding carboxylic acids is 1. The molecule has 0 spiro atoms. The number of nitrogens with zero attached hydrogens (tertiary/aromatic N) is 4. The lowest BCUT2D eigenvalue weighted by Gasteiger charge is -2.30. The van der Waals surface area contributed by atoms with E-state index in [9.17, 15) is 4.79 Å². The van der Waals surface area contributed by atoms with Crippen molar-refractivity contribution in [3.05, 3.63) is 47.8 Å². The molecule has 0 unspecified atom stereocenters. The Kier molecular flexibility index (Phi) is 4.71. The zero-order chi connectivity index (χ0) is 16.9. The van der Waals surface area contributed by atoms with Gasteiger partial charge >= 0.3 is 0 Å². The molecule has 6 nitrogen and oxygen atoms in total. The van der Waals surface area contributed by atoms with Crippen LogP contribution in [0.1, 0.15) is 35.7 Å². The second kappa shape index (κ2) is 7.09. The standard InChI is InChI=1S/C18H19N5O/c1-13-6-8-23(9-7-13)18-20-11-15(12-21-18)17(24)22-16-4-2-14(10-19)3-5-16/h2-5,11-13H,6-9H2,1H3,(H,22,24). The first-order chi connectivity index (χ1) is 11.7. The molecule has 0 radical (unpaired) electrons. The van der Waals surface area contributed by atoms with Gasteiger partial charge in [0, 0.05) is 31.2 Å². The molecule has 6 heteroatoms. The van der Waals surface area contributed by atoms with Crippen LogP contribution in [-0.4, -0.2) is 29.0 Å². The summed E-state index contributed by atoms with van der Waals surface area (Å²) in [7, 11) is 0. The zero-order valence-corrected chi connectivity index (χ0v) is 13.6. The smallest absolute Gasteiger partial charge is 0.258 e. The fourth-order valence-electron chi connectivity index (χ4n) is 2.64. The number of rotatable bonds is 3. The summed E-state index contributed by atoms with van der Waals surface area (Å²) in [6, 6.07) is 8.75. The van der Waals surface area contributed by atoms with Crippen molar-refractivity contribution in [2.45, 2.75) is 19.8 Å². The third kappa shape index (κ3) is 3.69. The zero-order valence-electron chi connectivity index (χ0n) is 13.6. The number of anilines is 2. The van der Waals surface area contributed by atoms with Gasteiger partial charge in [0.2, 0.25) is 5.95 Å². The van der Waals surface area contributed by atoms with E-state index in [0.29, 0.717) is 22.8 Å². The van der Waals surface area contributed by atoms with E-state index in [2.05, 4.69) is 27.1 Å². The summed E-state index contributed by atoms with van der Waals surface area (Å²) in [5.41, 5.74) is 1.60. The maximum Gasteiger partial charge on any atom is 0.258 e. The van der Waals surface area contributed by atoms with Crippen LogP contribution in [0.15, 0.2) is 36.7 Å². The summed E-state index contributed by atoms with van der Waals surface area (Å²) < 4.78 is 0. The summed E-state index contributed by atoms with van der Waals surface area (Å²) in [6.45, 7) is 4.17. The lowest BCUT2D eigenvalue weighted by molar-refractivity contribution is 0.102. The highest BCUT2D eigenvalue weighted by atomic mass is 16.1. The number of piperidine rings is 1. The summed E-state index contributed by atoms with van der Waals surface area (Å²) >= 11 is 0. The second-order valence-corrected chi connectivity index (χ2v) is 6.08. The topological polar surface area (TPSA) is 81.9 Å². The molecule has 0 aliphatic carbocycles. The molecule has 122 valence electrons. The number of nitrogens with one attached hydrogen (secondary N) is 1. The van der Waals surface area contributed by atoms with Crippen molar-refractivity contribution < 1.29 is 4.79 Å². The maximum atomic E-state index is 12.2. The molecular weight excluding hydrogens is 302 g/mol. The summed E-state index contributed by atoms with van der Waals surface area (Å²) in [4.78, 5) is 23.0. The molecule has 1 saturated heterocycles. The van der Waals surface area contributed by atoms with Gasteiger partial charge in [0.25, 0.3) is 5.91 Å². The summed E-state index contributed by atoms with van der Waals surface area (Å²) in [5.74, 6) is 1.16. The molecule has 0 bridgehead atoms. The summed E-state index contributed by atoms with van der Waals surface area (Å²) in [5, 5.41) is 11.6. The van der Waals surface area contributed by atoms with E-state index >= 15 is 0 Å². The third-order valence-corrected chi connectivity index (χ3v) is 4.24. The Labute approximate surface area is 141 Å². The van der Waals surface area contributed by atoms with Crippen LogP contribution in [0.4, 0.5) is 11.6 Å². The van der Waals surface area contributed by atoms with Gasteiger partial charge in [-0.1, -0.05) is 6.92 Å². The SMILES string of the molecule is CC1CCN(c2ncc(C(=O)Nc3ccc(C#N)cc3)cn2)CC1. The van der Waals surface area contributed by atoms with Gasteiger partial charge in [-0.05, 0) is 43.0 Å². The molecule has 2 heterocycles. The highest BCUT2D eigenvalue weighted by Crippen LogP contribution is 2.19. The minimum absolute atomic E-state index is 0.265. The molecule has 1 amide bonds.